The Kier molecular flexibility index (Phi) is 4.48. The molecule has 0 amide bonds. The molecule has 0 saturated carbocycles. The van der Waals surface area contributed by atoms with E-state index in [1.165, 1.54) is 12.8 Å². The number of nitrogens with zero attached hydrogens (tertiary/aromatic N) is 2. The lowest BCUT2D eigenvalue weighted by Gasteiger charge is -2.24. The van der Waals surface area contributed by atoms with Crippen molar-refractivity contribution in [2.24, 2.45) is 5.41 Å². The van der Waals surface area contributed by atoms with Gasteiger partial charge < -0.3 is 0 Å². The van der Waals surface area contributed by atoms with Crippen LogP contribution in [-0.4, -0.2) is 9.13 Å². The second-order valence-corrected chi connectivity index (χ2v) is 6.10. The lowest BCUT2D eigenvalue weighted by atomic mass is 9.87. The number of imidazole rings is 1. The first-order valence-electron chi connectivity index (χ1n) is 7.28. The Bertz CT molecular complexity index is 593. The van der Waals surface area contributed by atoms with E-state index in [9.17, 15) is 4.79 Å². The zero-order valence-electron chi connectivity index (χ0n) is 12.6. The number of benzene rings is 1. The summed E-state index contributed by atoms with van der Waals surface area (Å²) in [4.78, 5) is 12.4. The summed E-state index contributed by atoms with van der Waals surface area (Å²) in [7, 11) is 0. The van der Waals surface area contributed by atoms with Gasteiger partial charge in [-0.25, -0.2) is 4.79 Å². The number of hydrogen-bond acceptors (Lipinski definition) is 1. The van der Waals surface area contributed by atoms with Crippen LogP contribution in [0.1, 0.15) is 40.0 Å². The van der Waals surface area contributed by atoms with Crippen LogP contribution in [-0.2, 0) is 6.54 Å². The molecule has 0 aliphatic heterocycles. The standard InChI is InChI=1S/C17H23N2O/c1-4-5-11-17(2,3)14-18-12-13-19(16(18)20)15-9-7-6-8-10-15/h7-10,12-13H,4-5,11,14H2,1-3H3. The average molecular weight is 271 g/mol. The molecule has 2 aromatic rings. The van der Waals surface area contributed by atoms with E-state index in [0.29, 0.717) is 0 Å². The highest BCUT2D eigenvalue weighted by atomic mass is 16.1. The molecule has 0 unspecified atom stereocenters. The van der Waals surface area contributed by atoms with Crippen molar-refractivity contribution in [1.82, 2.24) is 9.13 Å². The van der Waals surface area contributed by atoms with Gasteiger partial charge in [-0.3, -0.25) is 9.13 Å². The topological polar surface area (TPSA) is 26.9 Å². The van der Waals surface area contributed by atoms with Crippen LogP contribution < -0.4 is 5.69 Å². The second-order valence-electron chi connectivity index (χ2n) is 6.10. The van der Waals surface area contributed by atoms with Crippen LogP contribution in [0.4, 0.5) is 0 Å². The predicted molar refractivity (Wildman–Crippen MR) is 82.2 cm³/mol. The normalized spacial score (nSPS) is 11.8. The molecule has 1 radical (unpaired) electrons. The van der Waals surface area contributed by atoms with Crippen LogP contribution in [0.15, 0.2) is 41.5 Å². The summed E-state index contributed by atoms with van der Waals surface area (Å²) in [6, 6.07) is 10.4. The minimum atomic E-state index is 0.0285. The molecule has 2 rings (SSSR count). The number of aromatic nitrogens is 2. The first kappa shape index (κ1) is 14.6. The van der Waals surface area contributed by atoms with Crippen LogP contribution in [0.25, 0.3) is 5.69 Å². The molecule has 20 heavy (non-hydrogen) atoms. The Morgan fingerprint density at radius 2 is 1.90 bits per heavy atom. The van der Waals surface area contributed by atoms with E-state index in [4.69, 9.17) is 0 Å². The largest absolute Gasteiger partial charge is 0.332 e. The molecule has 0 bridgehead atoms. The van der Waals surface area contributed by atoms with Crippen molar-refractivity contribution in [2.45, 2.75) is 46.6 Å². The van der Waals surface area contributed by atoms with E-state index in [1.54, 1.807) is 4.57 Å². The SMILES string of the molecule is CCCCC(C)(C)Cn1ccn(-c2cc[c]cc2)c1=O. The van der Waals surface area contributed by atoms with E-state index in [-0.39, 0.29) is 11.1 Å². The summed E-state index contributed by atoms with van der Waals surface area (Å²) in [5, 5.41) is 0. The third kappa shape index (κ3) is 3.41. The highest BCUT2D eigenvalue weighted by Crippen LogP contribution is 2.24. The van der Waals surface area contributed by atoms with Gasteiger partial charge in [0.1, 0.15) is 0 Å². The minimum absolute atomic E-state index is 0.0285. The van der Waals surface area contributed by atoms with Gasteiger partial charge in [-0.1, -0.05) is 45.7 Å². The van der Waals surface area contributed by atoms with Crippen LogP contribution in [0.5, 0.6) is 0 Å². The van der Waals surface area contributed by atoms with Crippen LogP contribution in [0.3, 0.4) is 0 Å². The van der Waals surface area contributed by atoms with Gasteiger partial charge in [-0.2, -0.15) is 0 Å². The molecule has 0 spiro atoms. The maximum atomic E-state index is 12.4. The number of hydrogen-bond donors (Lipinski definition) is 0. The van der Waals surface area contributed by atoms with Crippen molar-refractivity contribution in [3.63, 3.8) is 0 Å². The lowest BCUT2D eigenvalue weighted by molar-refractivity contribution is 0.270. The fourth-order valence-electron chi connectivity index (χ4n) is 2.46. The van der Waals surface area contributed by atoms with Crippen molar-refractivity contribution in [2.75, 3.05) is 0 Å². The van der Waals surface area contributed by atoms with E-state index in [1.807, 2.05) is 41.2 Å². The summed E-state index contributed by atoms with van der Waals surface area (Å²) in [5.41, 5.74) is 1.07. The van der Waals surface area contributed by atoms with Crippen LogP contribution >= 0.6 is 0 Å². The first-order valence-corrected chi connectivity index (χ1v) is 7.28. The fraction of sp³-hybridized carbons (Fsp3) is 0.471. The van der Waals surface area contributed by atoms with Gasteiger partial charge >= 0.3 is 5.69 Å². The molecule has 3 heteroatoms. The Morgan fingerprint density at radius 3 is 2.55 bits per heavy atom. The zero-order chi connectivity index (χ0) is 14.6. The fourth-order valence-corrected chi connectivity index (χ4v) is 2.46. The van der Waals surface area contributed by atoms with Gasteiger partial charge in [0.05, 0.1) is 5.69 Å². The maximum Gasteiger partial charge on any atom is 0.332 e. The molecule has 1 heterocycles. The molecule has 1 aromatic heterocycles. The molecule has 0 fully saturated rings. The molecule has 0 aliphatic rings. The molecule has 1 aromatic carbocycles. The zero-order valence-corrected chi connectivity index (χ0v) is 12.6. The predicted octanol–water partition coefficient (Wildman–Crippen LogP) is 3.66. The van der Waals surface area contributed by atoms with E-state index in [2.05, 4.69) is 26.8 Å². The molecule has 3 nitrogen and oxygen atoms in total. The Labute approximate surface area is 120 Å². The third-order valence-electron chi connectivity index (χ3n) is 3.63. The molecule has 0 N–H and O–H groups in total. The summed E-state index contributed by atoms with van der Waals surface area (Å²) >= 11 is 0. The summed E-state index contributed by atoms with van der Waals surface area (Å²) in [6.07, 6.45) is 7.26. The van der Waals surface area contributed by atoms with Gasteiger partial charge in [-0.05, 0) is 30.0 Å². The lowest BCUT2D eigenvalue weighted by Crippen LogP contribution is -2.29. The van der Waals surface area contributed by atoms with Crippen molar-refractivity contribution in [3.05, 3.63) is 53.2 Å². The Morgan fingerprint density at radius 1 is 1.20 bits per heavy atom. The van der Waals surface area contributed by atoms with Crippen molar-refractivity contribution >= 4 is 0 Å². The van der Waals surface area contributed by atoms with Crippen molar-refractivity contribution in [3.8, 4) is 5.69 Å². The van der Waals surface area contributed by atoms with Crippen LogP contribution in [0.2, 0.25) is 0 Å². The molecular weight excluding hydrogens is 248 g/mol. The van der Waals surface area contributed by atoms with Gasteiger partial charge in [-0.15, -0.1) is 0 Å². The monoisotopic (exact) mass is 271 g/mol. The summed E-state index contributed by atoms with van der Waals surface area (Å²) in [6.45, 7) is 7.41. The average Bonchev–Trinajstić information content (AvgIpc) is 2.78. The summed E-state index contributed by atoms with van der Waals surface area (Å²) in [5.74, 6) is 0. The van der Waals surface area contributed by atoms with Crippen molar-refractivity contribution < 1.29 is 0 Å². The smallest absolute Gasteiger partial charge is 0.298 e. The van der Waals surface area contributed by atoms with Gasteiger partial charge in [0.25, 0.3) is 0 Å². The quantitative estimate of drug-likeness (QED) is 0.787. The Hall–Kier alpha value is -1.77. The van der Waals surface area contributed by atoms with Gasteiger partial charge in [0.15, 0.2) is 0 Å². The first-order chi connectivity index (χ1) is 9.53. The van der Waals surface area contributed by atoms with Crippen LogP contribution in [0, 0.1) is 11.5 Å². The van der Waals surface area contributed by atoms with Gasteiger partial charge in [0.2, 0.25) is 0 Å². The molecule has 0 aliphatic carbocycles. The van der Waals surface area contributed by atoms with E-state index >= 15 is 0 Å². The van der Waals surface area contributed by atoms with Gasteiger partial charge in [0, 0.05) is 18.9 Å². The van der Waals surface area contributed by atoms with Crippen molar-refractivity contribution in [1.29, 1.82) is 0 Å². The number of unbranched alkanes of at least 4 members (excludes halogenated alkanes) is 1. The van der Waals surface area contributed by atoms with E-state index < -0.39 is 0 Å². The van der Waals surface area contributed by atoms with E-state index in [0.717, 1.165) is 18.7 Å². The highest BCUT2D eigenvalue weighted by molar-refractivity contribution is 5.30. The molecule has 0 saturated heterocycles. The summed E-state index contributed by atoms with van der Waals surface area (Å²) < 4.78 is 3.50. The molecule has 0 atom stereocenters. The third-order valence-corrected chi connectivity index (χ3v) is 3.63. The molecule has 107 valence electrons. The number of rotatable bonds is 6. The Balaban J connectivity index is 2.20. The minimum Gasteiger partial charge on any atom is -0.298 e. The molecular formula is C17H23N2O. The maximum absolute atomic E-state index is 12.4. The highest BCUT2D eigenvalue weighted by Gasteiger charge is 2.19. The second kappa shape index (κ2) is 6.12.